The molecule has 0 radical (unpaired) electrons. The second-order valence-corrected chi connectivity index (χ2v) is 12.7. The highest BCUT2D eigenvalue weighted by atomic mass is 16.7. The molecule has 2 amide bonds. The molecule has 1 aliphatic heterocycles. The fourth-order valence-electron chi connectivity index (χ4n) is 6.13. The number of aliphatic hydroxyl groups excluding tert-OH is 1. The van der Waals surface area contributed by atoms with E-state index in [1.54, 1.807) is 0 Å². The molecule has 1 heterocycles. The van der Waals surface area contributed by atoms with Gasteiger partial charge in [-0.15, -0.1) is 0 Å². The van der Waals surface area contributed by atoms with Crippen LogP contribution in [0.25, 0.3) is 0 Å². The van der Waals surface area contributed by atoms with E-state index in [0.717, 1.165) is 27.8 Å². The van der Waals surface area contributed by atoms with Crippen molar-refractivity contribution in [3.05, 3.63) is 143 Å². The van der Waals surface area contributed by atoms with E-state index >= 15 is 0 Å². The Bertz CT molecular complexity index is 1620. The molecule has 5 rings (SSSR count). The fraction of sp³-hybridized carbons (Fsp3) is 0.350. The summed E-state index contributed by atoms with van der Waals surface area (Å²) in [6, 6.07) is 34.5. The van der Waals surface area contributed by atoms with Crippen molar-refractivity contribution >= 4 is 12.0 Å². The molecule has 49 heavy (non-hydrogen) atoms. The van der Waals surface area contributed by atoms with Crippen molar-refractivity contribution in [2.24, 2.45) is 5.92 Å². The lowest BCUT2D eigenvalue weighted by Crippen LogP contribution is -2.47. The number of carbonyl (C=O) groups is 2. The van der Waals surface area contributed by atoms with Crippen LogP contribution in [0.4, 0.5) is 4.79 Å². The number of ether oxygens (including phenoxy) is 3. The van der Waals surface area contributed by atoms with Crippen LogP contribution in [0.15, 0.2) is 109 Å². The van der Waals surface area contributed by atoms with Crippen LogP contribution in [0.1, 0.15) is 65.7 Å². The number of urea groups is 1. The molecule has 4 aromatic carbocycles. The summed E-state index contributed by atoms with van der Waals surface area (Å²) in [4.78, 5) is 27.4. The average molecular weight is 666 g/mol. The van der Waals surface area contributed by atoms with E-state index in [4.69, 9.17) is 14.2 Å². The first-order chi connectivity index (χ1) is 23.7. The van der Waals surface area contributed by atoms with Gasteiger partial charge in [0.1, 0.15) is 6.04 Å². The van der Waals surface area contributed by atoms with E-state index in [9.17, 15) is 14.7 Å². The molecule has 0 spiro atoms. The van der Waals surface area contributed by atoms with Crippen molar-refractivity contribution in [3.8, 4) is 0 Å². The third kappa shape index (κ3) is 9.55. The van der Waals surface area contributed by atoms with Crippen LogP contribution < -0.4 is 10.6 Å². The monoisotopic (exact) mass is 665 g/mol. The second-order valence-electron chi connectivity index (χ2n) is 12.7. The zero-order valence-corrected chi connectivity index (χ0v) is 28.6. The van der Waals surface area contributed by atoms with Gasteiger partial charge in [0.15, 0.2) is 6.29 Å². The Labute approximate surface area is 289 Å². The minimum atomic E-state index is -0.812. The van der Waals surface area contributed by atoms with Crippen molar-refractivity contribution < 1.29 is 28.9 Å². The summed E-state index contributed by atoms with van der Waals surface area (Å²) < 4.78 is 18.2. The largest absolute Gasteiger partial charge is 0.467 e. The summed E-state index contributed by atoms with van der Waals surface area (Å²) in [7, 11) is 3.43. The van der Waals surface area contributed by atoms with Crippen LogP contribution in [-0.2, 0) is 38.6 Å². The van der Waals surface area contributed by atoms with E-state index < -0.39 is 24.3 Å². The Morgan fingerprint density at radius 3 is 2.08 bits per heavy atom. The van der Waals surface area contributed by atoms with Crippen LogP contribution in [0.2, 0.25) is 0 Å². The maximum atomic E-state index is 12.8. The first kappa shape index (κ1) is 35.8. The predicted molar refractivity (Wildman–Crippen MR) is 188 cm³/mol. The van der Waals surface area contributed by atoms with Crippen LogP contribution >= 0.6 is 0 Å². The lowest BCUT2D eigenvalue weighted by Gasteiger charge is -2.43. The third-order valence-corrected chi connectivity index (χ3v) is 9.31. The number of esters is 1. The van der Waals surface area contributed by atoms with Gasteiger partial charge in [0.05, 0.1) is 25.9 Å². The second kappa shape index (κ2) is 17.2. The number of aliphatic hydroxyl groups is 1. The molecule has 9 nitrogen and oxygen atoms in total. The first-order valence-corrected chi connectivity index (χ1v) is 16.8. The number of likely N-dealkylation sites (N-methyl/N-ethyl adjacent to an activating group) is 1. The molecule has 9 heteroatoms. The summed E-state index contributed by atoms with van der Waals surface area (Å²) >= 11 is 0. The van der Waals surface area contributed by atoms with E-state index in [0.29, 0.717) is 13.0 Å². The van der Waals surface area contributed by atoms with Gasteiger partial charge in [-0.1, -0.05) is 116 Å². The minimum absolute atomic E-state index is 0.0136. The smallest absolute Gasteiger partial charge is 0.328 e. The maximum absolute atomic E-state index is 12.8. The van der Waals surface area contributed by atoms with Crippen LogP contribution in [0.5, 0.6) is 0 Å². The third-order valence-electron chi connectivity index (χ3n) is 9.31. The number of amides is 2. The summed E-state index contributed by atoms with van der Waals surface area (Å²) in [5.74, 6) is -0.453. The highest BCUT2D eigenvalue weighted by Crippen LogP contribution is 2.42. The van der Waals surface area contributed by atoms with Crippen LogP contribution in [0.3, 0.4) is 0 Å². The lowest BCUT2D eigenvalue weighted by molar-refractivity contribution is -0.276. The van der Waals surface area contributed by atoms with Crippen LogP contribution in [0, 0.1) is 5.92 Å². The molecule has 0 saturated carbocycles. The Morgan fingerprint density at radius 1 is 0.837 bits per heavy atom. The number of benzene rings is 4. The first-order valence-electron chi connectivity index (χ1n) is 16.8. The Hall–Kier alpha value is -4.54. The molecular formula is C40H47N3O6. The van der Waals surface area contributed by atoms with Gasteiger partial charge in [0.2, 0.25) is 0 Å². The molecule has 0 aromatic heterocycles. The average Bonchev–Trinajstić information content (AvgIpc) is 3.15. The van der Waals surface area contributed by atoms with Gasteiger partial charge in [-0.2, -0.15) is 0 Å². The SMILES string of the molecule is COC(=O)[C@H](Cc1ccccc1)NC(=O)NCc1ccc([C@H]2O[C@@H](CN(C)[C@@H](C)c3ccccc3)[C@@H](C)[C@@H](c3ccc(CO)cc3)O2)cc1. The van der Waals surface area contributed by atoms with E-state index in [1.165, 1.54) is 12.7 Å². The van der Waals surface area contributed by atoms with Crippen molar-refractivity contribution in [2.75, 3.05) is 20.7 Å². The molecule has 1 saturated heterocycles. The Kier molecular flexibility index (Phi) is 12.6. The highest BCUT2D eigenvalue weighted by molar-refractivity contribution is 5.83. The minimum Gasteiger partial charge on any atom is -0.467 e. The topological polar surface area (TPSA) is 109 Å². The van der Waals surface area contributed by atoms with Gasteiger partial charge in [0.25, 0.3) is 0 Å². The van der Waals surface area contributed by atoms with Gasteiger partial charge >= 0.3 is 12.0 Å². The predicted octanol–water partition coefficient (Wildman–Crippen LogP) is 6.25. The van der Waals surface area contributed by atoms with Crippen molar-refractivity contribution in [1.82, 2.24) is 15.5 Å². The Morgan fingerprint density at radius 2 is 1.45 bits per heavy atom. The molecule has 0 unspecified atom stereocenters. The normalized spacial score (nSPS) is 20.3. The van der Waals surface area contributed by atoms with Crippen molar-refractivity contribution in [2.45, 2.75) is 64.0 Å². The summed E-state index contributed by atoms with van der Waals surface area (Å²) in [5.41, 5.74) is 5.79. The maximum Gasteiger partial charge on any atom is 0.328 e. The van der Waals surface area contributed by atoms with Gasteiger partial charge in [-0.3, -0.25) is 4.90 Å². The molecule has 258 valence electrons. The molecule has 6 atom stereocenters. The number of methoxy groups -OCH3 is 1. The number of hydrogen-bond acceptors (Lipinski definition) is 7. The fourth-order valence-corrected chi connectivity index (χ4v) is 6.13. The molecule has 0 bridgehead atoms. The molecule has 1 aliphatic rings. The highest BCUT2D eigenvalue weighted by Gasteiger charge is 2.39. The van der Waals surface area contributed by atoms with Gasteiger partial charge in [-0.25, -0.2) is 9.59 Å². The number of rotatable bonds is 13. The van der Waals surface area contributed by atoms with Crippen molar-refractivity contribution in [3.63, 3.8) is 0 Å². The van der Waals surface area contributed by atoms with Gasteiger partial charge < -0.3 is 30.0 Å². The zero-order chi connectivity index (χ0) is 34.8. The van der Waals surface area contributed by atoms with Crippen LogP contribution in [-0.4, -0.2) is 54.9 Å². The van der Waals surface area contributed by atoms with Gasteiger partial charge in [0, 0.05) is 37.0 Å². The Balaban J connectivity index is 1.26. The molecule has 1 fully saturated rings. The number of hydrogen-bond donors (Lipinski definition) is 3. The molecule has 0 aliphatic carbocycles. The van der Waals surface area contributed by atoms with E-state index in [2.05, 4.69) is 60.7 Å². The molecule has 3 N–H and O–H groups in total. The van der Waals surface area contributed by atoms with E-state index in [-0.39, 0.29) is 37.3 Å². The molecular weight excluding hydrogens is 618 g/mol. The quantitative estimate of drug-likeness (QED) is 0.145. The number of carbonyl (C=O) groups excluding carboxylic acids is 2. The summed E-state index contributed by atoms with van der Waals surface area (Å²) in [6.45, 7) is 5.32. The zero-order valence-electron chi connectivity index (χ0n) is 28.6. The van der Waals surface area contributed by atoms with Gasteiger partial charge in [-0.05, 0) is 41.8 Å². The van der Waals surface area contributed by atoms with E-state index in [1.807, 2.05) is 84.9 Å². The molecule has 4 aromatic rings. The number of nitrogens with zero attached hydrogens (tertiary/aromatic N) is 1. The standard InChI is InChI=1S/C40H47N3O6/c1-27-36(25-43(3)28(2)32-13-9-6-10-14-32)48-39(49-37(27)33-19-17-31(26-44)18-20-33)34-21-15-30(16-22-34)24-41-40(46)42-35(38(45)47-4)23-29-11-7-5-8-12-29/h5-22,27-28,35-37,39,44H,23-26H2,1-4H3,(H2,41,42,46)/t27-,28+,35+,36+,37+,39+/m1/s1. The summed E-state index contributed by atoms with van der Waals surface area (Å²) in [6.07, 6.45) is -0.626. The number of nitrogens with one attached hydrogen (secondary N) is 2. The summed E-state index contributed by atoms with van der Waals surface area (Å²) in [5, 5.41) is 15.2. The lowest BCUT2D eigenvalue weighted by atomic mass is 9.89. The van der Waals surface area contributed by atoms with Crippen molar-refractivity contribution in [1.29, 1.82) is 0 Å².